The molecule has 20 heavy (non-hydrogen) atoms. The lowest BCUT2D eigenvalue weighted by Gasteiger charge is -1.99. The van der Waals surface area contributed by atoms with E-state index in [4.69, 9.17) is 0 Å². The van der Waals surface area contributed by atoms with Crippen LogP contribution in [0.25, 0.3) is 20.4 Å². The van der Waals surface area contributed by atoms with Crippen LogP contribution in [0.3, 0.4) is 0 Å². The van der Waals surface area contributed by atoms with Gasteiger partial charge in [-0.05, 0) is 23.6 Å². The zero-order valence-electron chi connectivity index (χ0n) is 10.3. The molecule has 0 saturated heterocycles. The third-order valence-corrected chi connectivity index (χ3v) is 6.14. The van der Waals surface area contributed by atoms with Gasteiger partial charge in [0.1, 0.15) is 16.4 Å². The van der Waals surface area contributed by atoms with Gasteiger partial charge in [-0.3, -0.25) is 0 Å². The van der Waals surface area contributed by atoms with Gasteiger partial charge in [-0.2, -0.15) is 0 Å². The van der Waals surface area contributed by atoms with E-state index in [1.165, 1.54) is 9.40 Å². The Bertz CT molecular complexity index is 848. The standard InChI is InChI=1S/C14H9N3S3/c1-2-4-11-9(3-1)17-12(20-11)7-19-14-13-10(5-6-18-13)15-8-16-14/h1-6,8H,7H2. The third kappa shape index (κ3) is 2.19. The summed E-state index contributed by atoms with van der Waals surface area (Å²) >= 11 is 5.17. The molecule has 0 aliphatic carbocycles. The summed E-state index contributed by atoms with van der Waals surface area (Å²) < 4.78 is 2.41. The summed E-state index contributed by atoms with van der Waals surface area (Å²) in [5.74, 6) is 0.851. The van der Waals surface area contributed by atoms with Crippen molar-refractivity contribution >= 4 is 54.9 Å². The molecule has 0 saturated carbocycles. The quantitative estimate of drug-likeness (QED) is 0.409. The first kappa shape index (κ1) is 12.3. The Labute approximate surface area is 127 Å². The number of thioether (sulfide) groups is 1. The Morgan fingerprint density at radius 3 is 2.95 bits per heavy atom. The fourth-order valence-electron chi connectivity index (χ4n) is 1.98. The Balaban J connectivity index is 1.62. The van der Waals surface area contributed by atoms with E-state index in [1.807, 2.05) is 12.1 Å². The lowest BCUT2D eigenvalue weighted by molar-refractivity contribution is 1.11. The molecule has 0 aliphatic heterocycles. The van der Waals surface area contributed by atoms with E-state index >= 15 is 0 Å². The lowest BCUT2D eigenvalue weighted by atomic mass is 10.3. The van der Waals surface area contributed by atoms with Gasteiger partial charge in [-0.25, -0.2) is 15.0 Å². The monoisotopic (exact) mass is 315 g/mol. The topological polar surface area (TPSA) is 38.7 Å². The minimum atomic E-state index is 0.851. The number of hydrogen-bond donors (Lipinski definition) is 0. The highest BCUT2D eigenvalue weighted by Gasteiger charge is 2.08. The molecule has 0 aliphatic rings. The van der Waals surface area contributed by atoms with Gasteiger partial charge in [0.25, 0.3) is 0 Å². The predicted octanol–water partition coefficient (Wildman–Crippen LogP) is 4.59. The number of benzene rings is 1. The SMILES string of the molecule is c1ccc2sc(CSc3ncnc4ccsc34)nc2c1. The van der Waals surface area contributed by atoms with Crippen LogP contribution in [0, 0.1) is 0 Å². The number of para-hydroxylation sites is 1. The number of hydrogen-bond acceptors (Lipinski definition) is 6. The molecule has 98 valence electrons. The average Bonchev–Trinajstić information content (AvgIpc) is 3.11. The maximum atomic E-state index is 4.65. The molecule has 0 radical (unpaired) electrons. The smallest absolute Gasteiger partial charge is 0.118 e. The van der Waals surface area contributed by atoms with Gasteiger partial charge < -0.3 is 0 Å². The highest BCUT2D eigenvalue weighted by atomic mass is 32.2. The normalized spacial score (nSPS) is 11.4. The molecular weight excluding hydrogens is 306 g/mol. The zero-order chi connectivity index (χ0) is 13.4. The molecule has 4 rings (SSSR count). The van der Waals surface area contributed by atoms with Gasteiger partial charge in [0, 0.05) is 0 Å². The molecule has 0 spiro atoms. The Morgan fingerprint density at radius 1 is 1.05 bits per heavy atom. The Morgan fingerprint density at radius 2 is 2.00 bits per heavy atom. The molecule has 3 nitrogen and oxygen atoms in total. The van der Waals surface area contributed by atoms with Crippen molar-refractivity contribution in [2.45, 2.75) is 10.8 Å². The van der Waals surface area contributed by atoms with E-state index in [2.05, 4.69) is 38.5 Å². The maximum absolute atomic E-state index is 4.65. The number of nitrogens with zero attached hydrogens (tertiary/aromatic N) is 3. The van der Waals surface area contributed by atoms with Crippen molar-refractivity contribution in [2.75, 3.05) is 0 Å². The lowest BCUT2D eigenvalue weighted by Crippen LogP contribution is -1.84. The van der Waals surface area contributed by atoms with E-state index in [9.17, 15) is 0 Å². The summed E-state index contributed by atoms with van der Waals surface area (Å²) in [4.78, 5) is 13.3. The fourth-order valence-corrected chi connectivity index (χ4v) is 4.89. The summed E-state index contributed by atoms with van der Waals surface area (Å²) in [6.45, 7) is 0. The van der Waals surface area contributed by atoms with Crippen LogP contribution in [0.5, 0.6) is 0 Å². The van der Waals surface area contributed by atoms with Crippen molar-refractivity contribution in [1.29, 1.82) is 0 Å². The summed E-state index contributed by atoms with van der Waals surface area (Å²) in [5.41, 5.74) is 2.11. The van der Waals surface area contributed by atoms with E-state index in [0.29, 0.717) is 0 Å². The fraction of sp³-hybridized carbons (Fsp3) is 0.0714. The summed E-state index contributed by atoms with van der Waals surface area (Å²) in [6.07, 6.45) is 1.63. The predicted molar refractivity (Wildman–Crippen MR) is 86.6 cm³/mol. The van der Waals surface area contributed by atoms with Crippen LogP contribution in [-0.2, 0) is 5.75 Å². The van der Waals surface area contributed by atoms with Crippen LogP contribution < -0.4 is 0 Å². The highest BCUT2D eigenvalue weighted by Crippen LogP contribution is 2.32. The summed E-state index contributed by atoms with van der Waals surface area (Å²) in [7, 11) is 0. The Hall–Kier alpha value is -1.50. The first-order valence-electron chi connectivity index (χ1n) is 6.05. The Kier molecular flexibility index (Phi) is 3.14. The van der Waals surface area contributed by atoms with Gasteiger partial charge in [0.2, 0.25) is 0 Å². The van der Waals surface area contributed by atoms with Gasteiger partial charge in [0.05, 0.1) is 26.2 Å². The van der Waals surface area contributed by atoms with Crippen LogP contribution >= 0.6 is 34.4 Å². The van der Waals surface area contributed by atoms with E-state index in [-0.39, 0.29) is 0 Å². The van der Waals surface area contributed by atoms with Gasteiger partial charge in [-0.1, -0.05) is 23.9 Å². The molecule has 3 heterocycles. The van der Waals surface area contributed by atoms with Crippen LogP contribution in [0.1, 0.15) is 5.01 Å². The first-order chi connectivity index (χ1) is 9.90. The second-order valence-electron chi connectivity index (χ2n) is 4.18. The van der Waals surface area contributed by atoms with Crippen LogP contribution in [0.15, 0.2) is 47.1 Å². The molecule has 0 atom stereocenters. The minimum absolute atomic E-state index is 0.851. The maximum Gasteiger partial charge on any atom is 0.118 e. The van der Waals surface area contributed by atoms with Gasteiger partial charge in [-0.15, -0.1) is 22.7 Å². The zero-order valence-corrected chi connectivity index (χ0v) is 12.8. The van der Waals surface area contributed by atoms with Gasteiger partial charge in [0.15, 0.2) is 0 Å². The summed E-state index contributed by atoms with van der Waals surface area (Å²) in [5, 5.41) is 4.24. The largest absolute Gasteiger partial charge is 0.240 e. The molecule has 0 amide bonds. The van der Waals surface area contributed by atoms with Crippen molar-refractivity contribution in [3.63, 3.8) is 0 Å². The molecule has 0 unspecified atom stereocenters. The molecule has 0 N–H and O–H groups in total. The third-order valence-electron chi connectivity index (χ3n) is 2.88. The van der Waals surface area contributed by atoms with Crippen molar-refractivity contribution < 1.29 is 0 Å². The first-order valence-corrected chi connectivity index (χ1v) is 8.74. The second kappa shape index (κ2) is 5.12. The van der Waals surface area contributed by atoms with Crippen molar-refractivity contribution in [2.24, 2.45) is 0 Å². The van der Waals surface area contributed by atoms with Crippen molar-refractivity contribution in [3.05, 3.63) is 47.0 Å². The number of aromatic nitrogens is 3. The van der Waals surface area contributed by atoms with E-state index < -0.39 is 0 Å². The molecule has 1 aromatic carbocycles. The van der Waals surface area contributed by atoms with Crippen molar-refractivity contribution in [3.8, 4) is 0 Å². The number of fused-ring (bicyclic) bond motifs is 2. The van der Waals surface area contributed by atoms with Crippen LogP contribution in [0.4, 0.5) is 0 Å². The molecular formula is C14H9N3S3. The molecule has 0 bridgehead atoms. The molecule has 4 aromatic rings. The van der Waals surface area contributed by atoms with E-state index in [0.717, 1.165) is 26.8 Å². The van der Waals surface area contributed by atoms with E-state index in [1.54, 1.807) is 40.8 Å². The van der Waals surface area contributed by atoms with Gasteiger partial charge >= 0.3 is 0 Å². The summed E-state index contributed by atoms with van der Waals surface area (Å²) in [6, 6.07) is 10.3. The molecule has 6 heteroatoms. The van der Waals surface area contributed by atoms with Crippen LogP contribution in [0.2, 0.25) is 0 Å². The highest BCUT2D eigenvalue weighted by molar-refractivity contribution is 7.98. The number of rotatable bonds is 3. The molecule has 0 fully saturated rings. The van der Waals surface area contributed by atoms with Crippen molar-refractivity contribution in [1.82, 2.24) is 15.0 Å². The average molecular weight is 315 g/mol. The second-order valence-corrected chi connectivity index (χ2v) is 7.17. The minimum Gasteiger partial charge on any atom is -0.240 e. The number of thiazole rings is 1. The number of thiophene rings is 1. The van der Waals surface area contributed by atoms with Crippen LogP contribution in [-0.4, -0.2) is 15.0 Å². The molecule has 3 aromatic heterocycles.